The lowest BCUT2D eigenvalue weighted by atomic mass is 9.99. The largest absolute Gasteiger partial charge is 0.324 e. The van der Waals surface area contributed by atoms with E-state index in [1.807, 2.05) is 0 Å². The first kappa shape index (κ1) is 13.2. The van der Waals surface area contributed by atoms with Crippen molar-refractivity contribution in [3.05, 3.63) is 69.7 Å². The smallest absolute Gasteiger partial charge is 0.126 e. The molecule has 0 bridgehead atoms. The first-order chi connectivity index (χ1) is 8.58. The van der Waals surface area contributed by atoms with Gasteiger partial charge >= 0.3 is 0 Å². The lowest BCUT2D eigenvalue weighted by Crippen LogP contribution is -2.14. The molecule has 2 aromatic carbocycles. The Bertz CT molecular complexity index is 557. The van der Waals surface area contributed by atoms with Gasteiger partial charge in [-0.05, 0) is 35.7 Å². The zero-order valence-electron chi connectivity index (χ0n) is 9.54. The first-order valence-electron chi connectivity index (χ1n) is 5.52. The lowest BCUT2D eigenvalue weighted by Gasteiger charge is -2.14. The summed E-state index contributed by atoms with van der Waals surface area (Å²) < 4.78 is 27.1. The van der Waals surface area contributed by atoms with E-state index in [1.54, 1.807) is 24.3 Å². The summed E-state index contributed by atoms with van der Waals surface area (Å²) in [5, 5.41) is 0. The maximum atomic E-state index is 13.5. The molecule has 1 unspecified atom stereocenters. The topological polar surface area (TPSA) is 26.0 Å². The van der Waals surface area contributed by atoms with Gasteiger partial charge in [0, 0.05) is 10.5 Å². The second-order valence-corrected chi connectivity index (χ2v) is 4.92. The van der Waals surface area contributed by atoms with Crippen molar-refractivity contribution >= 4 is 15.9 Å². The summed E-state index contributed by atoms with van der Waals surface area (Å²) in [5.74, 6) is -0.602. The van der Waals surface area contributed by atoms with Crippen molar-refractivity contribution in [3.8, 4) is 0 Å². The van der Waals surface area contributed by atoms with Crippen LogP contribution in [-0.2, 0) is 6.42 Å². The minimum atomic E-state index is -0.378. The van der Waals surface area contributed by atoms with Crippen LogP contribution in [0, 0.1) is 11.6 Å². The summed E-state index contributed by atoms with van der Waals surface area (Å²) in [6, 6.07) is 10.5. The third-order valence-electron chi connectivity index (χ3n) is 2.76. The molecule has 0 saturated carbocycles. The van der Waals surface area contributed by atoms with Gasteiger partial charge in [0.05, 0.1) is 0 Å². The number of halogens is 3. The van der Waals surface area contributed by atoms with Crippen LogP contribution in [-0.4, -0.2) is 0 Å². The predicted molar refractivity (Wildman–Crippen MR) is 71.1 cm³/mol. The van der Waals surface area contributed by atoms with E-state index in [0.717, 1.165) is 5.56 Å². The maximum absolute atomic E-state index is 13.5. The Morgan fingerprint density at radius 3 is 2.50 bits per heavy atom. The number of nitrogens with two attached hydrogens (primary N) is 1. The summed E-state index contributed by atoms with van der Waals surface area (Å²) in [7, 11) is 0. The van der Waals surface area contributed by atoms with Gasteiger partial charge in [-0.25, -0.2) is 8.78 Å². The van der Waals surface area contributed by atoms with Crippen LogP contribution in [0.5, 0.6) is 0 Å². The molecule has 0 radical (unpaired) electrons. The maximum Gasteiger partial charge on any atom is 0.126 e. The summed E-state index contributed by atoms with van der Waals surface area (Å²) in [5.41, 5.74) is 7.35. The molecule has 94 valence electrons. The van der Waals surface area contributed by atoms with Gasteiger partial charge in [0.15, 0.2) is 0 Å². The average molecular weight is 312 g/mol. The van der Waals surface area contributed by atoms with Crippen LogP contribution in [0.15, 0.2) is 46.9 Å². The Balaban J connectivity index is 2.22. The van der Waals surface area contributed by atoms with E-state index >= 15 is 0 Å². The fourth-order valence-electron chi connectivity index (χ4n) is 1.81. The highest BCUT2D eigenvalue weighted by molar-refractivity contribution is 9.10. The van der Waals surface area contributed by atoms with Crippen LogP contribution in [0.2, 0.25) is 0 Å². The van der Waals surface area contributed by atoms with Crippen molar-refractivity contribution in [1.82, 2.24) is 0 Å². The molecule has 2 N–H and O–H groups in total. The molecule has 18 heavy (non-hydrogen) atoms. The highest BCUT2D eigenvalue weighted by atomic mass is 79.9. The standard InChI is InChI=1S/C14H12BrF2N/c15-12-8-10(16)5-6-11(12)14(18)7-9-3-1-2-4-13(9)17/h1-6,8,14H,7,18H2. The van der Waals surface area contributed by atoms with Crippen LogP contribution in [0.25, 0.3) is 0 Å². The monoisotopic (exact) mass is 311 g/mol. The predicted octanol–water partition coefficient (Wildman–Crippen LogP) is 3.97. The molecular formula is C14H12BrF2N. The normalized spacial score (nSPS) is 12.4. The molecule has 0 aliphatic heterocycles. The van der Waals surface area contributed by atoms with Crippen LogP contribution >= 0.6 is 15.9 Å². The Hall–Kier alpha value is -1.26. The highest BCUT2D eigenvalue weighted by Gasteiger charge is 2.13. The van der Waals surface area contributed by atoms with Crippen molar-refractivity contribution in [2.75, 3.05) is 0 Å². The molecule has 0 aliphatic rings. The van der Waals surface area contributed by atoms with Crippen LogP contribution < -0.4 is 5.73 Å². The van der Waals surface area contributed by atoms with Gasteiger partial charge in [-0.2, -0.15) is 0 Å². The van der Waals surface area contributed by atoms with Crippen molar-refractivity contribution in [2.24, 2.45) is 5.73 Å². The quantitative estimate of drug-likeness (QED) is 0.912. The molecule has 0 amide bonds. The number of hydrogen-bond acceptors (Lipinski definition) is 1. The number of benzene rings is 2. The van der Waals surface area contributed by atoms with Gasteiger partial charge in [0.25, 0.3) is 0 Å². The Morgan fingerprint density at radius 1 is 1.11 bits per heavy atom. The second-order valence-electron chi connectivity index (χ2n) is 4.07. The highest BCUT2D eigenvalue weighted by Crippen LogP contribution is 2.26. The minimum absolute atomic E-state index is 0.272. The van der Waals surface area contributed by atoms with Gasteiger partial charge in [-0.15, -0.1) is 0 Å². The number of rotatable bonds is 3. The van der Waals surface area contributed by atoms with E-state index < -0.39 is 0 Å². The molecule has 4 heteroatoms. The molecule has 1 atom stereocenters. The zero-order chi connectivity index (χ0) is 13.1. The Kier molecular flexibility index (Phi) is 4.09. The summed E-state index contributed by atoms with van der Waals surface area (Å²) in [6.07, 6.45) is 0.372. The van der Waals surface area contributed by atoms with E-state index in [0.29, 0.717) is 16.5 Å². The molecule has 0 fully saturated rings. The molecule has 0 heterocycles. The fraction of sp³-hybridized carbons (Fsp3) is 0.143. The molecule has 0 aliphatic carbocycles. The fourth-order valence-corrected chi connectivity index (χ4v) is 2.46. The van der Waals surface area contributed by atoms with Gasteiger partial charge in [-0.1, -0.05) is 40.2 Å². The Morgan fingerprint density at radius 2 is 1.83 bits per heavy atom. The van der Waals surface area contributed by atoms with Crippen LogP contribution in [0.4, 0.5) is 8.78 Å². The van der Waals surface area contributed by atoms with Crippen molar-refractivity contribution < 1.29 is 8.78 Å². The van der Waals surface area contributed by atoms with Crippen molar-refractivity contribution in [3.63, 3.8) is 0 Å². The number of hydrogen-bond donors (Lipinski definition) is 1. The van der Waals surface area contributed by atoms with Crippen molar-refractivity contribution in [1.29, 1.82) is 0 Å². The first-order valence-corrected chi connectivity index (χ1v) is 6.31. The van der Waals surface area contributed by atoms with E-state index in [9.17, 15) is 8.78 Å². The molecule has 2 aromatic rings. The second kappa shape index (κ2) is 5.59. The average Bonchev–Trinajstić information content (AvgIpc) is 2.32. The van der Waals surface area contributed by atoms with E-state index in [2.05, 4.69) is 15.9 Å². The lowest BCUT2D eigenvalue weighted by molar-refractivity contribution is 0.591. The summed E-state index contributed by atoms with van der Waals surface area (Å²) in [4.78, 5) is 0. The molecule has 1 nitrogen and oxygen atoms in total. The third-order valence-corrected chi connectivity index (χ3v) is 3.45. The third kappa shape index (κ3) is 2.94. The van der Waals surface area contributed by atoms with Gasteiger partial charge in [-0.3, -0.25) is 0 Å². The molecule has 0 spiro atoms. The minimum Gasteiger partial charge on any atom is -0.324 e. The van der Waals surface area contributed by atoms with E-state index in [4.69, 9.17) is 5.73 Å². The summed E-state index contributed by atoms with van der Waals surface area (Å²) in [6.45, 7) is 0. The SMILES string of the molecule is NC(Cc1ccccc1F)c1ccc(F)cc1Br. The van der Waals surface area contributed by atoms with Crippen molar-refractivity contribution in [2.45, 2.75) is 12.5 Å². The van der Waals surface area contributed by atoms with E-state index in [1.165, 1.54) is 18.2 Å². The summed E-state index contributed by atoms with van der Waals surface area (Å²) >= 11 is 3.27. The zero-order valence-corrected chi connectivity index (χ0v) is 11.1. The molecule has 0 saturated heterocycles. The van der Waals surface area contributed by atoms with Gasteiger partial charge < -0.3 is 5.73 Å². The van der Waals surface area contributed by atoms with Gasteiger partial charge in [0.2, 0.25) is 0 Å². The molecule has 2 rings (SSSR count). The van der Waals surface area contributed by atoms with Crippen LogP contribution in [0.3, 0.4) is 0 Å². The molecule has 0 aromatic heterocycles. The van der Waals surface area contributed by atoms with Crippen LogP contribution in [0.1, 0.15) is 17.2 Å². The van der Waals surface area contributed by atoms with E-state index in [-0.39, 0.29) is 17.7 Å². The molecular weight excluding hydrogens is 300 g/mol. The van der Waals surface area contributed by atoms with Gasteiger partial charge in [0.1, 0.15) is 11.6 Å². The Labute approximate surface area is 113 Å².